The zero-order chi connectivity index (χ0) is 23.2. The molecule has 1 aliphatic carbocycles. The Morgan fingerprint density at radius 2 is 1.36 bits per heavy atom. The van der Waals surface area contributed by atoms with E-state index in [1.807, 2.05) is 0 Å². The van der Waals surface area contributed by atoms with Crippen LogP contribution in [0.4, 0.5) is 5.69 Å². The lowest BCUT2D eigenvalue weighted by molar-refractivity contribution is 0.0978. The van der Waals surface area contributed by atoms with E-state index in [-0.39, 0.29) is 38.8 Å². The minimum absolute atomic E-state index is 0.135. The van der Waals surface area contributed by atoms with Crippen LogP contribution in [0.5, 0.6) is 0 Å². The first kappa shape index (κ1) is 21.2. The van der Waals surface area contributed by atoms with Crippen LogP contribution in [0.15, 0.2) is 71.6 Å². The van der Waals surface area contributed by atoms with Gasteiger partial charge in [0, 0.05) is 35.3 Å². The van der Waals surface area contributed by atoms with Crippen LogP contribution in [0.25, 0.3) is 0 Å². The quantitative estimate of drug-likeness (QED) is 0.502. The summed E-state index contributed by atoms with van der Waals surface area (Å²) >= 11 is 0. The fraction of sp³-hybridized carbons (Fsp3) is 0.160. The number of rotatable bonds is 4. The van der Waals surface area contributed by atoms with Gasteiger partial charge in [-0.05, 0) is 43.2 Å². The Morgan fingerprint density at radius 3 is 2.03 bits per heavy atom. The van der Waals surface area contributed by atoms with E-state index in [2.05, 4.69) is 5.32 Å². The normalized spacial score (nSPS) is 15.8. The highest BCUT2D eigenvalue weighted by molar-refractivity contribution is 7.89. The molecule has 1 N–H and O–H groups in total. The molecule has 7 nitrogen and oxygen atoms in total. The second-order valence-corrected chi connectivity index (χ2v) is 9.96. The molecule has 1 amide bonds. The van der Waals surface area contributed by atoms with Crippen LogP contribution < -0.4 is 5.32 Å². The summed E-state index contributed by atoms with van der Waals surface area (Å²) in [5, 5.41) is 2.71. The Bertz CT molecular complexity index is 1400. The van der Waals surface area contributed by atoms with Gasteiger partial charge in [-0.2, -0.15) is 4.31 Å². The third-order valence-corrected chi connectivity index (χ3v) is 7.93. The van der Waals surface area contributed by atoms with Crippen molar-refractivity contribution in [2.45, 2.75) is 17.7 Å². The van der Waals surface area contributed by atoms with E-state index in [9.17, 15) is 22.8 Å². The van der Waals surface area contributed by atoms with Gasteiger partial charge in [0.25, 0.3) is 5.91 Å². The van der Waals surface area contributed by atoms with Crippen molar-refractivity contribution in [3.63, 3.8) is 0 Å². The molecule has 3 aromatic carbocycles. The van der Waals surface area contributed by atoms with Crippen LogP contribution in [0.1, 0.15) is 55.0 Å². The van der Waals surface area contributed by atoms with Crippen molar-refractivity contribution < 1.29 is 22.8 Å². The summed E-state index contributed by atoms with van der Waals surface area (Å²) in [7, 11) is -3.57. The molecule has 0 aromatic heterocycles. The van der Waals surface area contributed by atoms with Crippen molar-refractivity contribution in [3.05, 3.63) is 94.5 Å². The molecule has 2 aliphatic rings. The average molecular weight is 461 g/mol. The molecule has 1 heterocycles. The predicted molar refractivity (Wildman–Crippen MR) is 122 cm³/mol. The molecule has 5 rings (SSSR count). The molecule has 3 aromatic rings. The first-order valence-electron chi connectivity index (χ1n) is 10.6. The van der Waals surface area contributed by atoms with Crippen LogP contribution >= 0.6 is 0 Å². The van der Waals surface area contributed by atoms with Crippen LogP contribution in [0, 0.1) is 0 Å². The van der Waals surface area contributed by atoms with Gasteiger partial charge in [0.2, 0.25) is 10.0 Å². The van der Waals surface area contributed by atoms with E-state index >= 15 is 0 Å². The van der Waals surface area contributed by atoms with Crippen LogP contribution in [0.3, 0.4) is 0 Å². The number of amides is 1. The van der Waals surface area contributed by atoms with E-state index in [0.29, 0.717) is 24.2 Å². The summed E-state index contributed by atoms with van der Waals surface area (Å²) in [5.74, 6) is -1.11. The van der Waals surface area contributed by atoms with Gasteiger partial charge < -0.3 is 5.32 Å². The molecule has 8 heteroatoms. The summed E-state index contributed by atoms with van der Waals surface area (Å²) in [4.78, 5) is 39.0. The largest absolute Gasteiger partial charge is 0.321 e. The van der Waals surface area contributed by atoms with Crippen molar-refractivity contribution in [1.29, 1.82) is 0 Å². The number of carbonyl (C=O) groups excluding carboxylic acids is 3. The van der Waals surface area contributed by atoms with Gasteiger partial charge >= 0.3 is 0 Å². The van der Waals surface area contributed by atoms with Crippen molar-refractivity contribution in [1.82, 2.24) is 4.31 Å². The maximum Gasteiger partial charge on any atom is 0.255 e. The topological polar surface area (TPSA) is 101 Å². The molecule has 0 bridgehead atoms. The second-order valence-electron chi connectivity index (χ2n) is 8.02. The summed E-state index contributed by atoms with van der Waals surface area (Å²) in [6.07, 6.45) is 1.68. The van der Waals surface area contributed by atoms with Gasteiger partial charge in [-0.25, -0.2) is 8.42 Å². The zero-order valence-electron chi connectivity index (χ0n) is 17.6. The van der Waals surface area contributed by atoms with Gasteiger partial charge in [-0.3, -0.25) is 14.4 Å². The number of benzene rings is 3. The average Bonchev–Trinajstić information content (AvgIpc) is 3.39. The molecule has 0 atom stereocenters. The number of anilines is 1. The van der Waals surface area contributed by atoms with Gasteiger partial charge in [0.05, 0.1) is 16.1 Å². The number of hydrogen-bond acceptors (Lipinski definition) is 5. The molecular weight excluding hydrogens is 440 g/mol. The highest BCUT2D eigenvalue weighted by Gasteiger charge is 2.32. The number of hydrogen-bond donors (Lipinski definition) is 1. The van der Waals surface area contributed by atoms with E-state index in [4.69, 9.17) is 0 Å². The Labute approximate surface area is 191 Å². The summed E-state index contributed by atoms with van der Waals surface area (Å²) in [5.41, 5.74) is 1.51. The fourth-order valence-electron chi connectivity index (χ4n) is 4.30. The lowest BCUT2D eigenvalue weighted by Gasteiger charge is -2.20. The molecule has 33 heavy (non-hydrogen) atoms. The van der Waals surface area contributed by atoms with Crippen LogP contribution in [-0.4, -0.2) is 43.3 Å². The molecule has 166 valence electrons. The van der Waals surface area contributed by atoms with Gasteiger partial charge in [-0.1, -0.05) is 36.4 Å². The number of ketones is 2. The van der Waals surface area contributed by atoms with E-state index in [1.165, 1.54) is 28.6 Å². The smallest absolute Gasteiger partial charge is 0.255 e. The maximum absolute atomic E-state index is 13.1. The Balaban J connectivity index is 1.42. The molecule has 0 spiro atoms. The summed E-state index contributed by atoms with van der Waals surface area (Å²) in [6, 6.07) is 17.1. The fourth-order valence-corrected chi connectivity index (χ4v) is 5.82. The number of fused-ring (bicyclic) bond motifs is 2. The van der Waals surface area contributed by atoms with Gasteiger partial charge in [-0.15, -0.1) is 0 Å². The molecule has 1 aliphatic heterocycles. The predicted octanol–water partition coefficient (Wildman–Crippen LogP) is 3.50. The standard InChI is InChI=1S/C25H20N2O5S/c28-23-18-6-1-2-7-19(18)24(29)22-20(23)8-5-9-21(22)26-25(30)16-10-12-17(13-11-16)33(31,32)27-14-3-4-15-27/h1-2,5-13H,3-4,14-15H2,(H,26,30). The highest BCUT2D eigenvalue weighted by atomic mass is 32.2. The van der Waals surface area contributed by atoms with E-state index in [1.54, 1.807) is 42.5 Å². The van der Waals surface area contributed by atoms with Crippen molar-refractivity contribution >= 4 is 33.2 Å². The lowest BCUT2D eigenvalue weighted by Crippen LogP contribution is -2.28. The SMILES string of the molecule is O=C(Nc1cccc2c1C(=O)c1ccccc1C2=O)c1ccc(S(=O)(=O)N2CCCC2)cc1. The number of carbonyl (C=O) groups is 3. The third-order valence-electron chi connectivity index (χ3n) is 6.02. The van der Waals surface area contributed by atoms with Crippen LogP contribution in [0.2, 0.25) is 0 Å². The van der Waals surface area contributed by atoms with Crippen molar-refractivity contribution in [3.8, 4) is 0 Å². The molecule has 1 fully saturated rings. The molecular formula is C25H20N2O5S. The van der Waals surface area contributed by atoms with E-state index in [0.717, 1.165) is 12.8 Å². The minimum atomic E-state index is -3.57. The monoisotopic (exact) mass is 460 g/mol. The lowest BCUT2D eigenvalue weighted by atomic mass is 9.83. The molecule has 0 saturated carbocycles. The third kappa shape index (κ3) is 3.57. The number of sulfonamides is 1. The van der Waals surface area contributed by atoms with Gasteiger partial charge in [0.1, 0.15) is 0 Å². The minimum Gasteiger partial charge on any atom is -0.321 e. The Morgan fingerprint density at radius 1 is 0.758 bits per heavy atom. The number of nitrogens with one attached hydrogen (secondary N) is 1. The zero-order valence-corrected chi connectivity index (χ0v) is 18.4. The first-order valence-corrected chi connectivity index (χ1v) is 12.0. The summed E-state index contributed by atoms with van der Waals surface area (Å²) in [6.45, 7) is 0.999. The second kappa shape index (κ2) is 8.06. The van der Waals surface area contributed by atoms with E-state index < -0.39 is 15.9 Å². The van der Waals surface area contributed by atoms with Crippen molar-refractivity contribution in [2.24, 2.45) is 0 Å². The van der Waals surface area contributed by atoms with Gasteiger partial charge in [0.15, 0.2) is 11.6 Å². The maximum atomic E-state index is 13.1. The number of nitrogens with zero attached hydrogens (tertiary/aromatic N) is 1. The molecule has 0 unspecified atom stereocenters. The Hall–Kier alpha value is -3.62. The van der Waals surface area contributed by atoms with Crippen molar-refractivity contribution in [2.75, 3.05) is 18.4 Å². The van der Waals surface area contributed by atoms with Crippen LogP contribution in [-0.2, 0) is 10.0 Å². The molecule has 1 saturated heterocycles. The highest BCUT2D eigenvalue weighted by Crippen LogP contribution is 2.32. The Kier molecular flexibility index (Phi) is 5.19. The molecule has 0 radical (unpaired) electrons. The first-order chi connectivity index (χ1) is 15.9. The summed E-state index contributed by atoms with van der Waals surface area (Å²) < 4.78 is 26.8.